The number of hydrogen-bond donors (Lipinski definition) is 1. The van der Waals surface area contributed by atoms with Crippen molar-refractivity contribution < 1.29 is 9.59 Å². The summed E-state index contributed by atoms with van der Waals surface area (Å²) in [6, 6.07) is 0. The van der Waals surface area contributed by atoms with Crippen LogP contribution in [0.5, 0.6) is 0 Å². The van der Waals surface area contributed by atoms with Crippen molar-refractivity contribution in [2.24, 2.45) is 5.41 Å². The van der Waals surface area contributed by atoms with Gasteiger partial charge in [-0.05, 0) is 43.9 Å². The molecule has 0 radical (unpaired) electrons. The van der Waals surface area contributed by atoms with Gasteiger partial charge < -0.3 is 9.59 Å². The molecular formula is C30H64NO+. The van der Waals surface area contributed by atoms with Crippen LogP contribution in [0.3, 0.4) is 0 Å². The Hall–Kier alpha value is -0.0800. The third-order valence-corrected chi connectivity index (χ3v) is 7.52. The van der Waals surface area contributed by atoms with E-state index in [2.05, 4.69) is 41.5 Å². The molecule has 0 aliphatic heterocycles. The molecule has 0 saturated heterocycles. The topological polar surface area (TPSA) is 20.2 Å². The lowest BCUT2D eigenvalue weighted by Crippen LogP contribution is -2.56. The van der Waals surface area contributed by atoms with Crippen LogP contribution >= 0.6 is 0 Å². The second-order valence-electron chi connectivity index (χ2n) is 11.9. The van der Waals surface area contributed by atoms with Crippen LogP contribution in [0.4, 0.5) is 0 Å². The van der Waals surface area contributed by atoms with E-state index in [-0.39, 0.29) is 11.5 Å². The highest BCUT2D eigenvalue weighted by atomic mass is 16.3. The molecule has 0 bridgehead atoms. The van der Waals surface area contributed by atoms with Gasteiger partial charge in [-0.2, -0.15) is 0 Å². The van der Waals surface area contributed by atoms with E-state index >= 15 is 0 Å². The molecular weight excluding hydrogens is 390 g/mol. The molecule has 1 atom stereocenters. The molecule has 0 aromatic rings. The van der Waals surface area contributed by atoms with Crippen LogP contribution in [0.15, 0.2) is 0 Å². The van der Waals surface area contributed by atoms with E-state index in [4.69, 9.17) is 0 Å². The monoisotopic (exact) mass is 454 g/mol. The van der Waals surface area contributed by atoms with E-state index < -0.39 is 0 Å². The summed E-state index contributed by atoms with van der Waals surface area (Å²) in [4.78, 5) is 0. The van der Waals surface area contributed by atoms with Crippen LogP contribution in [-0.2, 0) is 0 Å². The highest BCUT2D eigenvalue weighted by molar-refractivity contribution is 4.73. The Balaban J connectivity index is 5.00. The standard InChI is InChI=1S/C30H64NO/c1-7-10-13-16-19-22-25-31(28-29(32)30(4,5)6,26-23-20-17-14-11-8-2)27-24-21-18-15-12-9-3/h29,32H,7-28H2,1-6H3/q+1. The largest absolute Gasteiger partial charge is 0.387 e. The molecule has 0 spiro atoms. The molecule has 1 unspecified atom stereocenters. The van der Waals surface area contributed by atoms with E-state index in [1.54, 1.807) is 0 Å². The lowest BCUT2D eigenvalue weighted by molar-refractivity contribution is -0.932. The van der Waals surface area contributed by atoms with Crippen LogP contribution in [-0.4, -0.2) is 41.9 Å². The van der Waals surface area contributed by atoms with Gasteiger partial charge in [0.1, 0.15) is 12.6 Å². The Morgan fingerprint density at radius 3 is 1.06 bits per heavy atom. The summed E-state index contributed by atoms with van der Waals surface area (Å²) in [6.45, 7) is 18.4. The normalized spacial score (nSPS) is 13.6. The molecule has 0 fully saturated rings. The number of unbranched alkanes of at least 4 members (excludes halogenated alkanes) is 15. The lowest BCUT2D eigenvalue weighted by atomic mass is 9.88. The smallest absolute Gasteiger partial charge is 0.108 e. The van der Waals surface area contributed by atoms with Crippen molar-refractivity contribution in [3.8, 4) is 0 Å². The molecule has 32 heavy (non-hydrogen) atoms. The fraction of sp³-hybridized carbons (Fsp3) is 1.00. The Kier molecular flexibility index (Phi) is 20.3. The van der Waals surface area contributed by atoms with E-state index in [1.807, 2.05) is 0 Å². The fourth-order valence-corrected chi connectivity index (χ4v) is 4.93. The van der Waals surface area contributed by atoms with Gasteiger partial charge in [0.15, 0.2) is 0 Å². The molecule has 0 aliphatic carbocycles. The Bertz CT molecular complexity index is 346. The van der Waals surface area contributed by atoms with Gasteiger partial charge in [0.05, 0.1) is 19.6 Å². The zero-order chi connectivity index (χ0) is 24.1. The first-order valence-electron chi connectivity index (χ1n) is 14.8. The van der Waals surface area contributed by atoms with Crippen LogP contribution in [0.1, 0.15) is 157 Å². The fourth-order valence-electron chi connectivity index (χ4n) is 4.93. The summed E-state index contributed by atoms with van der Waals surface area (Å²) in [5, 5.41) is 11.1. The van der Waals surface area contributed by atoms with Crippen molar-refractivity contribution >= 4 is 0 Å². The van der Waals surface area contributed by atoms with E-state index in [1.165, 1.54) is 140 Å². The highest BCUT2D eigenvalue weighted by Gasteiger charge is 2.34. The number of aliphatic hydroxyl groups is 1. The van der Waals surface area contributed by atoms with Gasteiger partial charge in [-0.25, -0.2) is 0 Å². The molecule has 1 N–H and O–H groups in total. The average molecular weight is 455 g/mol. The SMILES string of the molecule is CCCCCCCC[N+](CCCCCCCC)(CCCCCCCC)CC(O)C(C)(C)C. The van der Waals surface area contributed by atoms with Crippen LogP contribution in [0.25, 0.3) is 0 Å². The van der Waals surface area contributed by atoms with Gasteiger partial charge in [-0.1, -0.05) is 119 Å². The second-order valence-corrected chi connectivity index (χ2v) is 11.9. The molecule has 2 nitrogen and oxygen atoms in total. The summed E-state index contributed by atoms with van der Waals surface area (Å²) in [5.74, 6) is 0. The number of hydrogen-bond acceptors (Lipinski definition) is 1. The van der Waals surface area contributed by atoms with Crippen molar-refractivity contribution in [1.29, 1.82) is 0 Å². The number of aliphatic hydroxyl groups excluding tert-OH is 1. The summed E-state index contributed by atoms with van der Waals surface area (Å²) < 4.78 is 1.17. The van der Waals surface area contributed by atoms with Gasteiger partial charge >= 0.3 is 0 Å². The van der Waals surface area contributed by atoms with Gasteiger partial charge in [0, 0.05) is 0 Å². The molecule has 0 amide bonds. The van der Waals surface area contributed by atoms with Crippen molar-refractivity contribution in [2.45, 2.75) is 163 Å². The first-order chi connectivity index (χ1) is 15.3. The molecule has 0 aromatic carbocycles. The molecule has 0 aromatic heterocycles. The van der Waals surface area contributed by atoms with E-state index in [0.29, 0.717) is 0 Å². The maximum absolute atomic E-state index is 11.1. The lowest BCUT2D eigenvalue weighted by Gasteiger charge is -2.43. The van der Waals surface area contributed by atoms with Gasteiger partial charge in [0.25, 0.3) is 0 Å². The first-order valence-corrected chi connectivity index (χ1v) is 14.8. The third-order valence-electron chi connectivity index (χ3n) is 7.52. The van der Waals surface area contributed by atoms with Crippen LogP contribution < -0.4 is 0 Å². The van der Waals surface area contributed by atoms with Gasteiger partial charge in [-0.3, -0.25) is 0 Å². The quantitative estimate of drug-likeness (QED) is 0.120. The zero-order valence-corrected chi connectivity index (χ0v) is 23.5. The van der Waals surface area contributed by atoms with Crippen molar-refractivity contribution in [1.82, 2.24) is 0 Å². The molecule has 194 valence electrons. The Labute approximate surface area is 204 Å². The Morgan fingerprint density at radius 1 is 0.500 bits per heavy atom. The molecule has 2 heteroatoms. The minimum absolute atomic E-state index is 0.0210. The average Bonchev–Trinajstić information content (AvgIpc) is 2.75. The first kappa shape index (κ1) is 31.9. The third kappa shape index (κ3) is 17.4. The molecule has 0 rings (SSSR count). The van der Waals surface area contributed by atoms with Crippen molar-refractivity contribution in [2.75, 3.05) is 26.2 Å². The predicted octanol–water partition coefficient (Wildman–Crippen LogP) is 9.29. The predicted molar refractivity (Wildman–Crippen MR) is 145 cm³/mol. The van der Waals surface area contributed by atoms with Crippen LogP contribution in [0, 0.1) is 5.41 Å². The van der Waals surface area contributed by atoms with E-state index in [9.17, 15) is 5.11 Å². The summed E-state index contributed by atoms with van der Waals surface area (Å²) >= 11 is 0. The Morgan fingerprint density at radius 2 is 0.781 bits per heavy atom. The van der Waals surface area contributed by atoms with E-state index in [0.717, 1.165) is 6.54 Å². The van der Waals surface area contributed by atoms with Crippen molar-refractivity contribution in [3.05, 3.63) is 0 Å². The van der Waals surface area contributed by atoms with Crippen molar-refractivity contribution in [3.63, 3.8) is 0 Å². The number of quaternary nitrogens is 1. The molecule has 0 saturated carbocycles. The minimum atomic E-state index is -0.206. The second kappa shape index (κ2) is 20.3. The number of nitrogens with zero attached hydrogens (tertiary/aromatic N) is 1. The molecule has 0 heterocycles. The maximum atomic E-state index is 11.1. The maximum Gasteiger partial charge on any atom is 0.108 e. The molecule has 0 aliphatic rings. The highest BCUT2D eigenvalue weighted by Crippen LogP contribution is 2.26. The summed E-state index contributed by atoms with van der Waals surface area (Å²) in [7, 11) is 0. The van der Waals surface area contributed by atoms with Gasteiger partial charge in [-0.15, -0.1) is 0 Å². The summed E-state index contributed by atoms with van der Waals surface area (Å²) in [5.41, 5.74) is -0.0210. The number of rotatable bonds is 23. The zero-order valence-electron chi connectivity index (χ0n) is 23.5. The summed E-state index contributed by atoms with van der Waals surface area (Å²) in [6.07, 6.45) is 24.5. The van der Waals surface area contributed by atoms with Crippen LogP contribution in [0.2, 0.25) is 0 Å². The van der Waals surface area contributed by atoms with Gasteiger partial charge in [0.2, 0.25) is 0 Å². The minimum Gasteiger partial charge on any atom is -0.387 e.